The van der Waals surface area contributed by atoms with Crippen molar-refractivity contribution in [2.24, 2.45) is 0 Å². The second-order valence-electron chi connectivity index (χ2n) is 3.69. The van der Waals surface area contributed by atoms with Crippen LogP contribution >= 0.6 is 0 Å². The van der Waals surface area contributed by atoms with Crippen molar-refractivity contribution >= 4 is 25.9 Å². The Balaban J connectivity index is 2.08. The molecule has 2 aliphatic heterocycles. The van der Waals surface area contributed by atoms with Crippen LogP contribution in [0.25, 0.3) is 0 Å². The number of sulfone groups is 1. The Bertz CT molecular complexity index is 609. The van der Waals surface area contributed by atoms with Crippen LogP contribution in [0.5, 0.6) is 0 Å². The van der Waals surface area contributed by atoms with Crippen molar-refractivity contribution in [3.05, 3.63) is 0 Å². The zero-order valence-electron chi connectivity index (χ0n) is 8.72. The highest BCUT2D eigenvalue weighted by atomic mass is 32.2. The molecule has 3 atom stereocenters. The molecule has 9 nitrogen and oxygen atoms in total. The lowest BCUT2D eigenvalue weighted by atomic mass is 10.4. The van der Waals surface area contributed by atoms with Crippen LogP contribution in [-0.4, -0.2) is 56.4 Å². The average molecular weight is 324 g/mol. The van der Waals surface area contributed by atoms with Crippen molar-refractivity contribution in [1.29, 1.82) is 0 Å². The second kappa shape index (κ2) is 4.05. The number of rotatable bonds is 3. The largest absolute Gasteiger partial charge is 0.465 e. The van der Waals surface area contributed by atoms with Gasteiger partial charge in [0.05, 0.1) is 5.75 Å². The highest BCUT2D eigenvalue weighted by Crippen LogP contribution is 2.34. The van der Waals surface area contributed by atoms with Crippen molar-refractivity contribution in [2.45, 2.75) is 23.3 Å². The maximum atomic E-state index is 12.8. The Labute approximate surface area is 105 Å². The van der Waals surface area contributed by atoms with Crippen LogP contribution in [0.3, 0.4) is 0 Å². The molecule has 13 heteroatoms. The lowest BCUT2D eigenvalue weighted by Crippen LogP contribution is -2.44. The van der Waals surface area contributed by atoms with Crippen molar-refractivity contribution < 1.29 is 49.2 Å². The van der Waals surface area contributed by atoms with E-state index < -0.39 is 54.9 Å². The third kappa shape index (κ3) is 2.31. The van der Waals surface area contributed by atoms with Gasteiger partial charge in [-0.05, 0) is 0 Å². The van der Waals surface area contributed by atoms with Crippen molar-refractivity contribution in [3.8, 4) is 0 Å². The molecular formula is C6H6F2O9S2. The van der Waals surface area contributed by atoms with Crippen LogP contribution in [-0.2, 0) is 39.0 Å². The SMILES string of the molecule is O=C(OC1OC2OC1CS2(=O)=O)C(F)(F)S(=O)(=O)O. The van der Waals surface area contributed by atoms with Crippen molar-refractivity contribution in [1.82, 2.24) is 0 Å². The first-order valence-electron chi connectivity index (χ1n) is 4.53. The van der Waals surface area contributed by atoms with Crippen LogP contribution in [0, 0.1) is 0 Å². The minimum atomic E-state index is -6.00. The Hall–Kier alpha value is -0.890. The summed E-state index contributed by atoms with van der Waals surface area (Å²) in [6, 6.07) is 0. The average Bonchev–Trinajstić information content (AvgIpc) is 2.71. The summed E-state index contributed by atoms with van der Waals surface area (Å²) < 4.78 is 89.8. The Kier molecular flexibility index (Phi) is 3.10. The van der Waals surface area contributed by atoms with E-state index in [1.54, 1.807) is 0 Å². The van der Waals surface area contributed by atoms with Gasteiger partial charge in [-0.15, -0.1) is 0 Å². The summed E-state index contributed by atoms with van der Waals surface area (Å²) in [5.41, 5.74) is -1.74. The highest BCUT2D eigenvalue weighted by Gasteiger charge is 2.59. The zero-order valence-corrected chi connectivity index (χ0v) is 10.4. The van der Waals surface area contributed by atoms with Gasteiger partial charge in [0.15, 0.2) is 0 Å². The van der Waals surface area contributed by atoms with E-state index >= 15 is 0 Å². The normalized spacial score (nSPS) is 33.3. The number of ether oxygens (including phenoxy) is 3. The molecule has 0 spiro atoms. The van der Waals surface area contributed by atoms with Crippen molar-refractivity contribution in [2.75, 3.05) is 5.75 Å². The number of esters is 1. The van der Waals surface area contributed by atoms with E-state index in [1.165, 1.54) is 0 Å². The monoisotopic (exact) mass is 324 g/mol. The molecule has 0 aliphatic carbocycles. The molecule has 3 unspecified atom stereocenters. The van der Waals surface area contributed by atoms with E-state index in [4.69, 9.17) is 4.55 Å². The van der Waals surface area contributed by atoms with E-state index in [2.05, 4.69) is 14.2 Å². The number of alkyl halides is 2. The predicted octanol–water partition coefficient (Wildman–Crippen LogP) is -1.54. The van der Waals surface area contributed by atoms with Gasteiger partial charge >= 0.3 is 21.3 Å². The molecule has 0 aromatic carbocycles. The zero-order chi connectivity index (χ0) is 14.6. The van der Waals surface area contributed by atoms with Gasteiger partial charge in [0.25, 0.3) is 5.62 Å². The van der Waals surface area contributed by atoms with E-state index in [1.807, 2.05) is 0 Å². The molecule has 2 saturated heterocycles. The number of hydrogen-bond acceptors (Lipinski definition) is 8. The number of carbonyl (C=O) groups is 1. The standard InChI is InChI=1S/C6H6F2O9S2/c7-6(8,19(12,13)14)4(9)16-3-2-1-18(10,11)5(15-2)17-3/h2-3,5H,1H2,(H,12,13,14). The van der Waals surface area contributed by atoms with Gasteiger partial charge in [0.2, 0.25) is 16.1 Å². The summed E-state index contributed by atoms with van der Waals surface area (Å²) >= 11 is 0. The third-order valence-electron chi connectivity index (χ3n) is 2.31. The maximum Gasteiger partial charge on any atom is 0.465 e. The van der Waals surface area contributed by atoms with Gasteiger partial charge in [-0.25, -0.2) is 13.2 Å². The van der Waals surface area contributed by atoms with Crippen LogP contribution in [0.2, 0.25) is 0 Å². The number of halogens is 2. The van der Waals surface area contributed by atoms with Gasteiger partial charge in [-0.2, -0.15) is 17.2 Å². The lowest BCUT2D eigenvalue weighted by Gasteiger charge is -2.20. The third-order valence-corrected chi connectivity index (χ3v) is 4.73. The summed E-state index contributed by atoms with van der Waals surface area (Å²) in [5, 5.41) is -5.18. The molecule has 0 aromatic rings. The summed E-state index contributed by atoms with van der Waals surface area (Å²) in [7, 11) is -9.71. The Morgan fingerprint density at radius 3 is 2.32 bits per heavy atom. The second-order valence-corrected chi connectivity index (χ2v) is 7.20. The molecule has 1 N–H and O–H groups in total. The molecule has 110 valence electrons. The number of fused-ring (bicyclic) bond motifs is 2. The quantitative estimate of drug-likeness (QED) is 0.484. The molecular weight excluding hydrogens is 318 g/mol. The van der Waals surface area contributed by atoms with E-state index in [0.29, 0.717) is 0 Å². The first-order valence-corrected chi connectivity index (χ1v) is 7.69. The van der Waals surface area contributed by atoms with E-state index in [9.17, 15) is 30.4 Å². The van der Waals surface area contributed by atoms with Crippen LogP contribution in [0.15, 0.2) is 0 Å². The van der Waals surface area contributed by atoms with Crippen molar-refractivity contribution in [3.63, 3.8) is 0 Å². The smallest absolute Gasteiger partial charge is 0.427 e. The number of carbonyl (C=O) groups excluding carboxylic acids is 1. The fraction of sp³-hybridized carbons (Fsp3) is 0.833. The summed E-state index contributed by atoms with van der Waals surface area (Å²) in [6.07, 6.45) is -3.11. The molecule has 19 heavy (non-hydrogen) atoms. The predicted molar refractivity (Wildman–Crippen MR) is 49.9 cm³/mol. The molecule has 2 aliphatic rings. The summed E-state index contributed by atoms with van der Waals surface area (Å²) in [5.74, 6) is -3.21. The molecule has 2 fully saturated rings. The molecule has 0 amide bonds. The van der Waals surface area contributed by atoms with E-state index in [-0.39, 0.29) is 0 Å². The van der Waals surface area contributed by atoms with Crippen LogP contribution in [0.4, 0.5) is 8.78 Å². The topological polar surface area (TPSA) is 133 Å². The minimum absolute atomic E-state index is 0.618. The lowest BCUT2D eigenvalue weighted by molar-refractivity contribution is -0.190. The van der Waals surface area contributed by atoms with Gasteiger partial charge in [0, 0.05) is 0 Å². The van der Waals surface area contributed by atoms with E-state index in [0.717, 1.165) is 0 Å². The summed E-state index contributed by atoms with van der Waals surface area (Å²) in [6.45, 7) is 0. The fourth-order valence-electron chi connectivity index (χ4n) is 1.41. The minimum Gasteiger partial charge on any atom is -0.427 e. The molecule has 2 bridgehead atoms. The summed E-state index contributed by atoms with van der Waals surface area (Å²) in [4.78, 5) is 10.9. The fourth-order valence-corrected chi connectivity index (χ4v) is 3.11. The molecule has 0 saturated carbocycles. The van der Waals surface area contributed by atoms with Gasteiger partial charge < -0.3 is 9.47 Å². The molecule has 2 rings (SSSR count). The molecule has 0 radical (unpaired) electrons. The van der Waals surface area contributed by atoms with Gasteiger partial charge in [-0.3, -0.25) is 9.29 Å². The van der Waals surface area contributed by atoms with Crippen LogP contribution < -0.4 is 0 Å². The highest BCUT2D eigenvalue weighted by molar-refractivity contribution is 7.92. The first kappa shape index (κ1) is 14.5. The molecule has 0 aromatic heterocycles. The van der Waals surface area contributed by atoms with Gasteiger partial charge in [0.1, 0.15) is 6.10 Å². The maximum absolute atomic E-state index is 12.8. The first-order chi connectivity index (χ1) is 8.45. The number of hydrogen-bond donors (Lipinski definition) is 1. The Morgan fingerprint density at radius 1 is 1.37 bits per heavy atom. The molecule has 2 heterocycles. The van der Waals surface area contributed by atoms with Crippen LogP contribution in [0.1, 0.15) is 0 Å². The Morgan fingerprint density at radius 2 is 1.95 bits per heavy atom. The van der Waals surface area contributed by atoms with Gasteiger partial charge in [-0.1, -0.05) is 0 Å².